The third-order valence-corrected chi connectivity index (χ3v) is 3.67. The predicted molar refractivity (Wildman–Crippen MR) is 89.9 cm³/mol. The Kier molecular flexibility index (Phi) is 6.19. The molecule has 0 spiro atoms. The van der Waals surface area contributed by atoms with Crippen molar-refractivity contribution < 1.29 is 9.47 Å². The van der Waals surface area contributed by atoms with Crippen molar-refractivity contribution in [3.05, 3.63) is 35.9 Å². The molecule has 0 radical (unpaired) electrons. The van der Waals surface area contributed by atoms with Gasteiger partial charge in [-0.2, -0.15) is 0 Å². The lowest BCUT2D eigenvalue weighted by molar-refractivity contribution is 0.312. The highest BCUT2D eigenvalue weighted by Crippen LogP contribution is 2.37. The number of rotatable bonds is 8. The first-order valence-corrected chi connectivity index (χ1v) is 8.21. The molecule has 0 heterocycles. The fourth-order valence-electron chi connectivity index (χ4n) is 2.36. The number of hydrogen-bond acceptors (Lipinski definition) is 2. The van der Waals surface area contributed by atoms with E-state index in [9.17, 15) is 0 Å². The lowest BCUT2D eigenvalue weighted by Crippen LogP contribution is -2.03. The van der Waals surface area contributed by atoms with Crippen LogP contribution in [0.25, 0.3) is 10.8 Å². The Hall–Kier alpha value is -1.41. The van der Waals surface area contributed by atoms with Gasteiger partial charge in [0.15, 0.2) is 0 Å². The Morgan fingerprint density at radius 3 is 2.43 bits per heavy atom. The van der Waals surface area contributed by atoms with Gasteiger partial charge < -0.3 is 9.47 Å². The number of halogens is 1. The van der Waals surface area contributed by atoms with Crippen LogP contribution in [0.5, 0.6) is 11.5 Å². The first-order valence-electron chi connectivity index (χ1n) is 7.68. The number of alkyl halides is 1. The average molecular weight is 307 g/mol. The summed E-state index contributed by atoms with van der Waals surface area (Å²) < 4.78 is 11.9. The maximum atomic E-state index is 5.99. The first kappa shape index (κ1) is 16.0. The topological polar surface area (TPSA) is 18.5 Å². The van der Waals surface area contributed by atoms with E-state index in [2.05, 4.69) is 32.0 Å². The van der Waals surface area contributed by atoms with Crippen LogP contribution in [-0.2, 0) is 6.42 Å². The molecule has 0 aliphatic carbocycles. The summed E-state index contributed by atoms with van der Waals surface area (Å²) in [6, 6.07) is 10.4. The molecule has 0 amide bonds. The molecule has 21 heavy (non-hydrogen) atoms. The standard InChI is InChI=1S/C18H23ClO2/c1-3-11-21-18-14(4-2)13-17(20-12-7-10-19)15-8-5-6-9-16(15)18/h5-6,8-9,13H,3-4,7,10-12H2,1-2H3. The molecule has 2 nitrogen and oxygen atoms in total. The monoisotopic (exact) mass is 306 g/mol. The fourth-order valence-corrected chi connectivity index (χ4v) is 2.47. The molecule has 2 aromatic rings. The van der Waals surface area contributed by atoms with E-state index in [4.69, 9.17) is 21.1 Å². The van der Waals surface area contributed by atoms with Gasteiger partial charge in [0.25, 0.3) is 0 Å². The van der Waals surface area contributed by atoms with Crippen molar-refractivity contribution in [3.8, 4) is 11.5 Å². The molecule has 0 unspecified atom stereocenters. The minimum absolute atomic E-state index is 0.621. The molecular formula is C18H23ClO2. The molecule has 0 N–H and O–H groups in total. The van der Waals surface area contributed by atoms with Crippen molar-refractivity contribution in [2.75, 3.05) is 19.1 Å². The highest BCUT2D eigenvalue weighted by molar-refractivity contribution is 6.17. The van der Waals surface area contributed by atoms with Crippen LogP contribution in [0.1, 0.15) is 32.3 Å². The SMILES string of the molecule is CCCOc1c(CC)cc(OCCCCl)c2ccccc12. The van der Waals surface area contributed by atoms with Gasteiger partial charge in [-0.3, -0.25) is 0 Å². The largest absolute Gasteiger partial charge is 0.493 e. The van der Waals surface area contributed by atoms with Crippen LogP contribution in [0.3, 0.4) is 0 Å². The normalized spacial score (nSPS) is 10.8. The number of benzene rings is 2. The van der Waals surface area contributed by atoms with E-state index in [0.29, 0.717) is 12.5 Å². The predicted octanol–water partition coefficient (Wildman–Crippen LogP) is 5.20. The lowest BCUT2D eigenvalue weighted by Gasteiger charge is -2.17. The van der Waals surface area contributed by atoms with Gasteiger partial charge in [-0.05, 0) is 30.9 Å². The van der Waals surface area contributed by atoms with Gasteiger partial charge in [-0.25, -0.2) is 0 Å². The molecule has 0 atom stereocenters. The number of fused-ring (bicyclic) bond motifs is 1. The van der Waals surface area contributed by atoms with Crippen LogP contribution in [-0.4, -0.2) is 19.1 Å². The lowest BCUT2D eigenvalue weighted by atomic mass is 10.0. The molecular weight excluding hydrogens is 284 g/mol. The Bertz CT molecular complexity index is 581. The molecule has 0 aliphatic rings. The van der Waals surface area contributed by atoms with Gasteiger partial charge in [0, 0.05) is 16.7 Å². The van der Waals surface area contributed by atoms with Crippen LogP contribution in [0, 0.1) is 0 Å². The number of hydrogen-bond donors (Lipinski definition) is 0. The zero-order valence-electron chi connectivity index (χ0n) is 12.8. The van der Waals surface area contributed by atoms with Gasteiger partial charge in [-0.1, -0.05) is 38.1 Å². The van der Waals surface area contributed by atoms with Crippen LogP contribution >= 0.6 is 11.6 Å². The molecule has 114 valence electrons. The van der Waals surface area contributed by atoms with E-state index in [1.165, 1.54) is 5.56 Å². The van der Waals surface area contributed by atoms with Crippen LogP contribution < -0.4 is 9.47 Å². The van der Waals surface area contributed by atoms with E-state index < -0.39 is 0 Å². The summed E-state index contributed by atoms with van der Waals surface area (Å²) in [5.74, 6) is 2.55. The van der Waals surface area contributed by atoms with E-state index in [-0.39, 0.29) is 0 Å². The second-order valence-corrected chi connectivity index (χ2v) is 5.38. The van der Waals surface area contributed by atoms with Crippen LogP contribution in [0.2, 0.25) is 0 Å². The highest BCUT2D eigenvalue weighted by Gasteiger charge is 2.13. The summed E-state index contributed by atoms with van der Waals surface area (Å²) in [5, 5.41) is 2.24. The summed E-state index contributed by atoms with van der Waals surface area (Å²) in [7, 11) is 0. The smallest absolute Gasteiger partial charge is 0.130 e. The highest BCUT2D eigenvalue weighted by atomic mass is 35.5. The Morgan fingerprint density at radius 2 is 1.76 bits per heavy atom. The third kappa shape index (κ3) is 3.82. The molecule has 0 bridgehead atoms. The summed E-state index contributed by atoms with van der Waals surface area (Å²) in [6.45, 7) is 5.65. The second-order valence-electron chi connectivity index (χ2n) is 5.00. The molecule has 0 saturated carbocycles. The zero-order valence-corrected chi connectivity index (χ0v) is 13.6. The van der Waals surface area contributed by atoms with Crippen molar-refractivity contribution >= 4 is 22.4 Å². The maximum absolute atomic E-state index is 5.99. The maximum Gasteiger partial charge on any atom is 0.130 e. The van der Waals surface area contributed by atoms with Crippen molar-refractivity contribution in [1.82, 2.24) is 0 Å². The van der Waals surface area contributed by atoms with Gasteiger partial charge in [0.2, 0.25) is 0 Å². The van der Waals surface area contributed by atoms with Crippen molar-refractivity contribution in [1.29, 1.82) is 0 Å². The summed E-state index contributed by atoms with van der Waals surface area (Å²) in [5.41, 5.74) is 1.20. The van der Waals surface area contributed by atoms with Gasteiger partial charge in [-0.15, -0.1) is 11.6 Å². The molecule has 2 aromatic carbocycles. The van der Waals surface area contributed by atoms with E-state index in [1.807, 2.05) is 12.1 Å². The Balaban J connectivity index is 2.45. The van der Waals surface area contributed by atoms with E-state index in [0.717, 1.165) is 48.1 Å². The fraction of sp³-hybridized carbons (Fsp3) is 0.444. The second kappa shape index (κ2) is 8.14. The van der Waals surface area contributed by atoms with Gasteiger partial charge in [0.05, 0.1) is 13.2 Å². The van der Waals surface area contributed by atoms with E-state index in [1.54, 1.807) is 0 Å². The zero-order chi connectivity index (χ0) is 15.1. The minimum atomic E-state index is 0.621. The van der Waals surface area contributed by atoms with Crippen molar-refractivity contribution in [3.63, 3.8) is 0 Å². The summed E-state index contributed by atoms with van der Waals surface area (Å²) in [6.07, 6.45) is 2.78. The van der Waals surface area contributed by atoms with Crippen LogP contribution in [0.4, 0.5) is 0 Å². The minimum Gasteiger partial charge on any atom is -0.493 e. The van der Waals surface area contributed by atoms with Crippen LogP contribution in [0.15, 0.2) is 30.3 Å². The van der Waals surface area contributed by atoms with Gasteiger partial charge in [0.1, 0.15) is 11.5 Å². The molecule has 0 fully saturated rings. The van der Waals surface area contributed by atoms with Crippen molar-refractivity contribution in [2.45, 2.75) is 33.1 Å². The number of aryl methyl sites for hydroxylation is 1. The molecule has 0 aliphatic heterocycles. The summed E-state index contributed by atoms with van der Waals surface area (Å²) in [4.78, 5) is 0. The molecule has 2 rings (SSSR count). The van der Waals surface area contributed by atoms with Crippen molar-refractivity contribution in [2.24, 2.45) is 0 Å². The Morgan fingerprint density at radius 1 is 1.00 bits per heavy atom. The average Bonchev–Trinajstić information content (AvgIpc) is 2.53. The molecule has 3 heteroatoms. The van der Waals surface area contributed by atoms with Gasteiger partial charge >= 0.3 is 0 Å². The first-order chi connectivity index (χ1) is 10.3. The summed E-state index contributed by atoms with van der Waals surface area (Å²) >= 11 is 5.73. The molecule has 0 saturated heterocycles. The Labute approximate surface area is 132 Å². The number of ether oxygens (including phenoxy) is 2. The quantitative estimate of drug-likeness (QED) is 0.493. The molecule has 0 aromatic heterocycles. The van der Waals surface area contributed by atoms with E-state index >= 15 is 0 Å². The third-order valence-electron chi connectivity index (χ3n) is 3.40.